The monoisotopic (exact) mass is 239 g/mol. The van der Waals surface area contributed by atoms with Gasteiger partial charge in [0.05, 0.1) is 11.3 Å². The minimum absolute atomic E-state index is 0.307. The Morgan fingerprint density at radius 2 is 2.00 bits per heavy atom. The highest BCUT2D eigenvalue weighted by Gasteiger charge is 2.33. The summed E-state index contributed by atoms with van der Waals surface area (Å²) in [7, 11) is 0. The molecule has 82 valence electrons. The van der Waals surface area contributed by atoms with Crippen molar-refractivity contribution in [2.75, 3.05) is 5.73 Å². The van der Waals surface area contributed by atoms with Gasteiger partial charge in [0.2, 0.25) is 0 Å². The molecular weight excluding hydrogens is 235 g/mol. The third kappa shape index (κ3) is 3.02. The molecule has 0 radical (unpaired) electrons. The van der Waals surface area contributed by atoms with E-state index < -0.39 is 22.9 Å². The highest BCUT2D eigenvalue weighted by Crippen LogP contribution is 2.32. The van der Waals surface area contributed by atoms with Crippen molar-refractivity contribution in [3.63, 3.8) is 0 Å². The van der Waals surface area contributed by atoms with Crippen LogP contribution in [-0.4, -0.2) is 11.6 Å². The van der Waals surface area contributed by atoms with Gasteiger partial charge >= 0.3 is 6.36 Å². The van der Waals surface area contributed by atoms with E-state index in [0.717, 1.165) is 6.07 Å². The van der Waals surface area contributed by atoms with Crippen LogP contribution in [0.1, 0.15) is 10.4 Å². The summed E-state index contributed by atoms with van der Waals surface area (Å²) in [5, 5.41) is -1.07. The van der Waals surface area contributed by atoms with Gasteiger partial charge in [-0.05, 0) is 23.7 Å². The molecule has 7 heteroatoms. The Labute approximate surface area is 87.6 Å². The van der Waals surface area contributed by atoms with Crippen molar-refractivity contribution in [2.24, 2.45) is 0 Å². The van der Waals surface area contributed by atoms with Crippen molar-refractivity contribution in [3.05, 3.63) is 23.8 Å². The summed E-state index contributed by atoms with van der Waals surface area (Å²) < 4.78 is 39.4. The Morgan fingerprint density at radius 1 is 1.40 bits per heavy atom. The number of alkyl halides is 3. The molecule has 0 saturated carbocycles. The maximum absolute atomic E-state index is 11.9. The predicted molar refractivity (Wildman–Crippen MR) is 47.7 cm³/mol. The summed E-state index contributed by atoms with van der Waals surface area (Å²) in [6.45, 7) is 0. The van der Waals surface area contributed by atoms with Crippen molar-refractivity contribution < 1.29 is 22.7 Å². The minimum atomic E-state index is -4.92. The fourth-order valence-electron chi connectivity index (χ4n) is 0.939. The molecule has 0 aromatic heterocycles. The molecular formula is C8H5ClF3NO2. The summed E-state index contributed by atoms with van der Waals surface area (Å²) in [4.78, 5) is 10.8. The Balaban J connectivity index is 3.19. The van der Waals surface area contributed by atoms with Gasteiger partial charge in [-0.2, -0.15) is 0 Å². The standard InChI is InChI=1S/C8H5ClF3NO2/c9-7(14)4-2-1-3-5(13)6(4)15-8(10,11)12/h1-3H,13H2. The highest BCUT2D eigenvalue weighted by molar-refractivity contribution is 6.68. The molecule has 2 N–H and O–H groups in total. The van der Waals surface area contributed by atoms with E-state index in [1.165, 1.54) is 12.1 Å². The molecule has 0 spiro atoms. The van der Waals surface area contributed by atoms with E-state index in [1.54, 1.807) is 0 Å². The van der Waals surface area contributed by atoms with Crippen molar-refractivity contribution in [1.29, 1.82) is 0 Å². The number of ether oxygens (including phenoxy) is 1. The van der Waals surface area contributed by atoms with Crippen LogP contribution in [0.2, 0.25) is 0 Å². The molecule has 15 heavy (non-hydrogen) atoms. The molecule has 0 aliphatic carbocycles. The van der Waals surface area contributed by atoms with Crippen LogP contribution in [0.3, 0.4) is 0 Å². The van der Waals surface area contributed by atoms with Crippen LogP contribution in [0.25, 0.3) is 0 Å². The molecule has 0 fully saturated rings. The topological polar surface area (TPSA) is 52.3 Å². The lowest BCUT2D eigenvalue weighted by atomic mass is 10.2. The maximum atomic E-state index is 11.9. The van der Waals surface area contributed by atoms with Gasteiger partial charge < -0.3 is 10.5 Å². The maximum Gasteiger partial charge on any atom is 0.573 e. The predicted octanol–water partition coefficient (Wildman–Crippen LogP) is 2.55. The van der Waals surface area contributed by atoms with E-state index in [1.807, 2.05) is 0 Å². The van der Waals surface area contributed by atoms with Crippen molar-refractivity contribution >= 4 is 22.5 Å². The first kappa shape index (κ1) is 11.6. The first-order valence-electron chi connectivity index (χ1n) is 3.65. The number of carbonyl (C=O) groups is 1. The zero-order chi connectivity index (χ0) is 11.6. The average molecular weight is 240 g/mol. The Hall–Kier alpha value is -1.43. The summed E-state index contributed by atoms with van der Waals surface area (Å²) in [6, 6.07) is 3.56. The van der Waals surface area contributed by atoms with E-state index in [4.69, 9.17) is 17.3 Å². The molecule has 1 aromatic rings. The minimum Gasteiger partial charge on any atom is -0.403 e. The molecule has 3 nitrogen and oxygen atoms in total. The second-order valence-electron chi connectivity index (χ2n) is 2.55. The molecule has 0 unspecified atom stereocenters. The number of halogens is 4. The van der Waals surface area contributed by atoms with Crippen molar-refractivity contribution in [2.45, 2.75) is 6.36 Å². The van der Waals surface area contributed by atoms with E-state index >= 15 is 0 Å². The number of nitrogen functional groups attached to an aromatic ring is 1. The van der Waals surface area contributed by atoms with E-state index in [2.05, 4.69) is 4.74 Å². The fraction of sp³-hybridized carbons (Fsp3) is 0.125. The number of hydrogen-bond donors (Lipinski definition) is 1. The van der Waals surface area contributed by atoms with Crippen molar-refractivity contribution in [1.82, 2.24) is 0 Å². The summed E-state index contributed by atoms with van der Waals surface area (Å²) in [5.74, 6) is -0.773. The normalized spacial score (nSPS) is 11.2. The van der Waals surface area contributed by atoms with Gasteiger partial charge in [0, 0.05) is 0 Å². The quantitative estimate of drug-likeness (QED) is 0.637. The smallest absolute Gasteiger partial charge is 0.403 e. The number of hydrogen-bond acceptors (Lipinski definition) is 3. The molecule has 1 aromatic carbocycles. The molecule has 0 aliphatic heterocycles. The number of para-hydroxylation sites is 1. The summed E-state index contributed by atoms with van der Waals surface area (Å²) >= 11 is 5.07. The first-order valence-corrected chi connectivity index (χ1v) is 4.03. The number of anilines is 1. The SMILES string of the molecule is Nc1cccc(C(=O)Cl)c1OC(F)(F)F. The molecule has 0 amide bonds. The number of nitrogens with two attached hydrogens (primary N) is 1. The lowest BCUT2D eigenvalue weighted by Crippen LogP contribution is -2.19. The van der Waals surface area contributed by atoms with Crippen LogP contribution in [0.4, 0.5) is 18.9 Å². The van der Waals surface area contributed by atoms with Gasteiger partial charge in [-0.15, -0.1) is 13.2 Å². The number of carbonyl (C=O) groups excluding carboxylic acids is 1. The van der Waals surface area contributed by atoms with Gasteiger partial charge in [0.25, 0.3) is 5.24 Å². The van der Waals surface area contributed by atoms with Crippen LogP contribution in [0.5, 0.6) is 5.75 Å². The molecule has 0 heterocycles. The van der Waals surface area contributed by atoms with Crippen LogP contribution in [0.15, 0.2) is 18.2 Å². The summed E-state index contributed by atoms with van der Waals surface area (Å²) in [6.07, 6.45) is -4.92. The van der Waals surface area contributed by atoms with E-state index in [-0.39, 0.29) is 5.69 Å². The molecule has 1 rings (SSSR count). The molecule has 0 aliphatic rings. The van der Waals surface area contributed by atoms with Gasteiger partial charge in [-0.3, -0.25) is 4.79 Å². The fourth-order valence-corrected chi connectivity index (χ4v) is 1.09. The summed E-state index contributed by atoms with van der Waals surface area (Å²) in [5.41, 5.74) is 4.50. The van der Waals surface area contributed by atoms with Crippen LogP contribution < -0.4 is 10.5 Å². The third-order valence-electron chi connectivity index (χ3n) is 1.48. The first-order chi connectivity index (χ1) is 6.81. The van der Waals surface area contributed by atoms with Crippen molar-refractivity contribution in [3.8, 4) is 5.75 Å². The zero-order valence-corrected chi connectivity index (χ0v) is 7.89. The van der Waals surface area contributed by atoms with Crippen LogP contribution in [-0.2, 0) is 0 Å². The zero-order valence-electron chi connectivity index (χ0n) is 7.14. The second kappa shape index (κ2) is 3.98. The van der Waals surface area contributed by atoms with E-state index in [0.29, 0.717) is 0 Å². The Morgan fingerprint density at radius 3 is 2.47 bits per heavy atom. The lowest BCUT2D eigenvalue weighted by molar-refractivity contribution is -0.274. The number of rotatable bonds is 2. The highest BCUT2D eigenvalue weighted by atomic mass is 35.5. The molecule has 0 atom stereocenters. The Bertz CT molecular complexity index is 392. The van der Waals surface area contributed by atoms with Gasteiger partial charge in [-0.25, -0.2) is 0 Å². The average Bonchev–Trinajstić information content (AvgIpc) is 2.05. The second-order valence-corrected chi connectivity index (χ2v) is 2.89. The molecule has 0 bridgehead atoms. The van der Waals surface area contributed by atoms with Gasteiger partial charge in [0.15, 0.2) is 5.75 Å². The van der Waals surface area contributed by atoms with Crippen LogP contribution >= 0.6 is 11.6 Å². The van der Waals surface area contributed by atoms with Gasteiger partial charge in [0.1, 0.15) is 0 Å². The van der Waals surface area contributed by atoms with Gasteiger partial charge in [-0.1, -0.05) is 6.07 Å². The van der Waals surface area contributed by atoms with Crippen LogP contribution in [0, 0.1) is 0 Å². The third-order valence-corrected chi connectivity index (χ3v) is 1.68. The Kier molecular flexibility index (Phi) is 3.09. The molecule has 0 saturated heterocycles. The number of benzene rings is 1. The lowest BCUT2D eigenvalue weighted by Gasteiger charge is -2.13. The van der Waals surface area contributed by atoms with E-state index in [9.17, 15) is 18.0 Å². The largest absolute Gasteiger partial charge is 0.573 e.